The number of ether oxygens (including phenoxy) is 2. The van der Waals surface area contributed by atoms with Gasteiger partial charge in [-0.15, -0.1) is 0 Å². The maximum absolute atomic E-state index is 15.0. The summed E-state index contributed by atoms with van der Waals surface area (Å²) >= 11 is 0. The minimum atomic E-state index is -1.27. The molecule has 14 fully saturated rings. The van der Waals surface area contributed by atoms with Crippen LogP contribution in [-0.4, -0.2) is 131 Å². The van der Waals surface area contributed by atoms with Crippen molar-refractivity contribution in [3.8, 4) is 0 Å². The Labute approximate surface area is 697 Å². The van der Waals surface area contributed by atoms with Crippen LogP contribution in [0.3, 0.4) is 0 Å². The SMILES string of the molecule is C=C(C)[C@@H]1CC[C@]2(C(=O)N[C@@H]3C[C@H](C(=O)N4CCCCC4)C3(C)C)CC[C@]3(C)C(CCC4[C@@]5(C)CC[C@H](OC(=O)CC(C)(C)C(=O)[O-])C(C)(C)C5CC[C@]43C)C12.C=C(C)[C@@H]1CC[C@]2(C(=O)N[C@@H]3C[C@H](C(=O)N4CCCCC4)C3(C)C)CC[C@]3(C)C(CCC4[C@@]5(C)CC[C@H](OC(=O)CC(C)(C)C(=O)[O-])C(C)(C)C5CC[C@]43C)C12.[Mg+2]. The first-order chi connectivity index (χ1) is 51.9. The standard InChI is InChI=1S/2C48H76N2O6.Mg/c2*1-29(2)30-17-22-48(40(53)49-35-27-32(43(35,5)6)39(52)50-25-13-12-14-26-50)24-23-46(10)31(38(30)48)15-16-34-45(9)20-19-36(56-37(51)28-42(3,4)41(54)55)44(7,8)33(45)18-21-47(34,46)11;/h2*30-36,38H,1,12-28H2,2-11H3,(H,49,53)(H,54,55);/q;;+2/p-2/t2*30-,31?,32+,33?,34?,35+,36-,38?,45-,46+,47+,48-;/m00./s1. The van der Waals surface area contributed by atoms with Gasteiger partial charge in [0.25, 0.3) is 0 Å². The number of nitrogens with zero attached hydrogens (tertiary/aromatic N) is 2. The second-order valence-electron chi connectivity index (χ2n) is 46.1. The van der Waals surface area contributed by atoms with Gasteiger partial charge in [0.2, 0.25) is 23.6 Å². The summed E-state index contributed by atoms with van der Waals surface area (Å²) in [5.41, 5.74) is -1.30. The summed E-state index contributed by atoms with van der Waals surface area (Å²) < 4.78 is 12.3. The molecule has 2 aliphatic heterocycles. The molecular weight excluding hydrogens is 1430 g/mol. The zero-order chi connectivity index (χ0) is 82.0. The largest absolute Gasteiger partial charge is 2.00 e. The Balaban J connectivity index is 0.000000208. The molecule has 16 nitrogen and oxygen atoms in total. The van der Waals surface area contributed by atoms with Crippen LogP contribution in [0.4, 0.5) is 0 Å². The van der Waals surface area contributed by atoms with Gasteiger partial charge in [-0.3, -0.25) is 28.8 Å². The fourth-order valence-electron chi connectivity index (χ4n) is 31.2. The molecule has 14 aliphatic rings. The van der Waals surface area contributed by atoms with Crippen LogP contribution in [0, 0.1) is 147 Å². The molecule has 8 unspecified atom stereocenters. The van der Waals surface area contributed by atoms with Gasteiger partial charge < -0.3 is 49.7 Å². The summed E-state index contributed by atoms with van der Waals surface area (Å²) in [5.74, 6) is 1.58. The first-order valence-electron chi connectivity index (χ1n) is 45.3. The zero-order valence-electron chi connectivity index (χ0n) is 74.2. The normalized spacial score (nSPS) is 43.4. The van der Waals surface area contributed by atoms with E-state index in [9.17, 15) is 39.0 Å². The molecule has 628 valence electrons. The molecule has 12 aliphatic carbocycles. The van der Waals surface area contributed by atoms with Crippen LogP contribution >= 0.6 is 0 Å². The molecule has 113 heavy (non-hydrogen) atoms. The summed E-state index contributed by atoms with van der Waals surface area (Å²) in [4.78, 5) is 111. The number of nitrogens with one attached hydrogen (secondary N) is 2. The number of carboxylic acids is 2. The Morgan fingerprint density at radius 3 is 1.05 bits per heavy atom. The van der Waals surface area contributed by atoms with E-state index in [4.69, 9.17) is 9.47 Å². The quantitative estimate of drug-likeness (QED) is 0.0835. The van der Waals surface area contributed by atoms with Gasteiger partial charge in [0.05, 0.1) is 23.7 Å². The second-order valence-corrected chi connectivity index (χ2v) is 46.1. The summed E-state index contributed by atoms with van der Waals surface area (Å²) in [6.45, 7) is 56.5. The molecule has 2 heterocycles. The van der Waals surface area contributed by atoms with Crippen LogP contribution in [0.25, 0.3) is 0 Å². The van der Waals surface area contributed by atoms with Crippen molar-refractivity contribution in [1.29, 1.82) is 0 Å². The Bertz CT molecular complexity index is 3500. The molecule has 2 saturated heterocycles. The van der Waals surface area contributed by atoms with Gasteiger partial charge >= 0.3 is 35.0 Å². The van der Waals surface area contributed by atoms with Gasteiger partial charge in [-0.25, -0.2) is 0 Å². The number of amides is 4. The predicted octanol–water partition coefficient (Wildman–Crippen LogP) is 16.1. The maximum Gasteiger partial charge on any atom is 2.00 e. The maximum atomic E-state index is 15.0. The van der Waals surface area contributed by atoms with Crippen LogP contribution in [-0.2, 0) is 47.8 Å². The van der Waals surface area contributed by atoms with Gasteiger partial charge in [0.15, 0.2) is 0 Å². The van der Waals surface area contributed by atoms with Gasteiger partial charge in [0, 0.05) is 83.7 Å². The summed E-state index contributed by atoms with van der Waals surface area (Å²) in [6, 6.07) is 0.0331. The Morgan fingerprint density at radius 1 is 0.407 bits per heavy atom. The summed E-state index contributed by atoms with van der Waals surface area (Å²) in [7, 11) is 0. The van der Waals surface area contributed by atoms with Crippen molar-refractivity contribution in [1.82, 2.24) is 20.4 Å². The van der Waals surface area contributed by atoms with Crippen molar-refractivity contribution < 1.29 is 58.0 Å². The molecule has 24 atom stereocenters. The van der Waals surface area contributed by atoms with E-state index in [1.165, 1.54) is 51.7 Å². The zero-order valence-corrected chi connectivity index (χ0v) is 75.6. The van der Waals surface area contributed by atoms with E-state index in [-0.39, 0.29) is 162 Å². The van der Waals surface area contributed by atoms with Crippen molar-refractivity contribution in [3.63, 3.8) is 0 Å². The average molecular weight is 1580 g/mol. The van der Waals surface area contributed by atoms with E-state index in [1.54, 1.807) is 0 Å². The third-order valence-corrected chi connectivity index (χ3v) is 38.8. The number of fused-ring (bicyclic) bond motifs is 14. The number of allylic oxidation sites excluding steroid dienone is 2. The number of carbonyl (C=O) groups excluding carboxylic acids is 8. The van der Waals surface area contributed by atoms with Gasteiger partial charge in [-0.2, -0.15) is 0 Å². The number of likely N-dealkylation sites (tertiary alicyclic amines) is 2. The topological polar surface area (TPSA) is 232 Å². The number of carboxylic acid groups (broad SMARTS) is 2. The van der Waals surface area contributed by atoms with E-state index in [1.807, 2.05) is 0 Å². The van der Waals surface area contributed by atoms with Crippen molar-refractivity contribution >= 4 is 70.6 Å². The van der Waals surface area contributed by atoms with E-state index >= 15 is 9.59 Å². The number of hydrogen-bond donors (Lipinski definition) is 2. The number of esters is 2. The van der Waals surface area contributed by atoms with E-state index in [0.29, 0.717) is 47.3 Å². The predicted molar refractivity (Wildman–Crippen MR) is 439 cm³/mol. The second kappa shape index (κ2) is 30.3. The molecule has 12 saturated carbocycles. The molecule has 2 N–H and O–H groups in total. The molecule has 17 heteroatoms. The van der Waals surface area contributed by atoms with E-state index in [0.717, 1.165) is 193 Å². The number of aliphatic carboxylic acids is 2. The summed E-state index contributed by atoms with van der Waals surface area (Å²) in [6.07, 6.45) is 27.8. The van der Waals surface area contributed by atoms with Crippen molar-refractivity contribution in [2.24, 2.45) is 147 Å². The molecule has 0 spiro atoms. The third kappa shape index (κ3) is 13.9. The van der Waals surface area contributed by atoms with Gasteiger partial charge in [-0.1, -0.05) is 149 Å². The molecular formula is C96H150MgN4O12. The molecule has 0 aromatic heterocycles. The number of carbonyl (C=O) groups is 8. The van der Waals surface area contributed by atoms with E-state index < -0.39 is 45.5 Å². The molecule has 0 radical (unpaired) electrons. The minimum Gasteiger partial charge on any atom is -0.550 e. The van der Waals surface area contributed by atoms with Crippen LogP contribution in [0.2, 0.25) is 0 Å². The Kier molecular flexibility index (Phi) is 23.7. The van der Waals surface area contributed by atoms with Gasteiger partial charge in [0.1, 0.15) is 12.2 Å². The van der Waals surface area contributed by atoms with Crippen molar-refractivity contribution in [3.05, 3.63) is 24.3 Å². The Hall–Kier alpha value is -3.99. The van der Waals surface area contributed by atoms with Crippen molar-refractivity contribution in [2.75, 3.05) is 26.2 Å². The first-order valence-corrected chi connectivity index (χ1v) is 45.3. The number of rotatable bonds is 16. The van der Waals surface area contributed by atoms with Crippen LogP contribution < -0.4 is 20.8 Å². The first kappa shape index (κ1) is 88.3. The van der Waals surface area contributed by atoms with Crippen LogP contribution in [0.1, 0.15) is 331 Å². The molecule has 4 amide bonds. The molecule has 0 aromatic carbocycles. The fourth-order valence-corrected chi connectivity index (χ4v) is 31.2. The smallest absolute Gasteiger partial charge is 0.550 e. The van der Waals surface area contributed by atoms with Crippen molar-refractivity contribution in [2.45, 2.75) is 355 Å². The van der Waals surface area contributed by atoms with Crippen LogP contribution in [0.5, 0.6) is 0 Å². The monoisotopic (exact) mass is 1580 g/mol. The molecule has 0 aromatic rings. The fraction of sp³-hybridized carbons (Fsp3) is 0.875. The van der Waals surface area contributed by atoms with E-state index in [2.05, 4.69) is 144 Å². The van der Waals surface area contributed by atoms with Crippen LogP contribution in [0.15, 0.2) is 24.3 Å². The minimum absolute atomic E-state index is 0. The third-order valence-electron chi connectivity index (χ3n) is 38.8. The number of hydrogen-bond acceptors (Lipinski definition) is 12. The molecule has 0 bridgehead atoms. The Morgan fingerprint density at radius 2 is 0.743 bits per heavy atom. The average Bonchev–Trinajstić information content (AvgIpc) is 1.55. The number of piperidine rings is 2. The summed E-state index contributed by atoms with van der Waals surface area (Å²) in [5, 5.41) is 30.6. The molecule has 14 rings (SSSR count). The van der Waals surface area contributed by atoms with Gasteiger partial charge in [-0.05, 0) is 296 Å².